The number of hydrogen-bond acceptors (Lipinski definition) is 2. The van der Waals surface area contributed by atoms with Crippen LogP contribution in [0.2, 0.25) is 0 Å². The van der Waals surface area contributed by atoms with Crippen molar-refractivity contribution in [1.29, 1.82) is 0 Å². The summed E-state index contributed by atoms with van der Waals surface area (Å²) in [4.78, 5) is 4.28. The van der Waals surface area contributed by atoms with Crippen LogP contribution in [-0.2, 0) is 13.6 Å². The molecule has 0 fully saturated rings. The van der Waals surface area contributed by atoms with E-state index in [-0.39, 0.29) is 0 Å². The number of aromatic nitrogens is 2. The van der Waals surface area contributed by atoms with Gasteiger partial charge in [-0.25, -0.2) is 4.98 Å². The van der Waals surface area contributed by atoms with Crippen molar-refractivity contribution in [3.63, 3.8) is 0 Å². The number of nitrogens with one attached hydrogen (secondary N) is 1. The highest BCUT2D eigenvalue weighted by atomic mass is 15.1. The zero-order valence-electron chi connectivity index (χ0n) is 10.2. The molecule has 1 aromatic rings. The molecule has 1 N–H and O–H groups in total. The van der Waals surface area contributed by atoms with Gasteiger partial charge in [-0.3, -0.25) is 0 Å². The van der Waals surface area contributed by atoms with Gasteiger partial charge in [-0.2, -0.15) is 0 Å². The average Bonchev–Trinajstić information content (AvgIpc) is 2.61. The van der Waals surface area contributed by atoms with E-state index in [4.69, 9.17) is 0 Å². The number of unbranched alkanes of at least 4 members (excludes halogenated alkanes) is 2. The number of imidazole rings is 1. The smallest absolute Gasteiger partial charge is 0.122 e. The molecule has 0 saturated carbocycles. The molecule has 3 heteroatoms. The largest absolute Gasteiger partial charge is 0.337 e. The van der Waals surface area contributed by atoms with Crippen LogP contribution in [-0.4, -0.2) is 15.6 Å². The fraction of sp³-hybridized carbons (Fsp3) is 0.750. The second kappa shape index (κ2) is 6.62. The molecule has 0 aromatic carbocycles. The topological polar surface area (TPSA) is 29.9 Å². The summed E-state index contributed by atoms with van der Waals surface area (Å²) in [7, 11) is 2.03. The van der Waals surface area contributed by atoms with Gasteiger partial charge in [0.2, 0.25) is 0 Å². The molecule has 1 heterocycles. The van der Waals surface area contributed by atoms with E-state index in [0.717, 1.165) is 12.4 Å². The summed E-state index contributed by atoms with van der Waals surface area (Å²) in [6, 6.07) is 0.591. The number of hydrogen-bond donors (Lipinski definition) is 1. The van der Waals surface area contributed by atoms with E-state index in [1.807, 2.05) is 19.4 Å². The van der Waals surface area contributed by atoms with Gasteiger partial charge in [0.05, 0.1) is 6.54 Å². The van der Waals surface area contributed by atoms with Gasteiger partial charge in [-0.05, 0) is 13.3 Å². The Kier molecular flexibility index (Phi) is 5.40. The molecule has 86 valence electrons. The van der Waals surface area contributed by atoms with Crippen LogP contribution in [0.25, 0.3) is 0 Å². The third-order valence-corrected chi connectivity index (χ3v) is 2.77. The first-order valence-corrected chi connectivity index (χ1v) is 5.93. The van der Waals surface area contributed by atoms with Gasteiger partial charge in [0.15, 0.2) is 0 Å². The third kappa shape index (κ3) is 4.47. The van der Waals surface area contributed by atoms with E-state index in [1.54, 1.807) is 0 Å². The molecule has 15 heavy (non-hydrogen) atoms. The Hall–Kier alpha value is -0.830. The van der Waals surface area contributed by atoms with Gasteiger partial charge in [-0.1, -0.05) is 26.2 Å². The van der Waals surface area contributed by atoms with Crippen LogP contribution in [0.4, 0.5) is 0 Å². The minimum absolute atomic E-state index is 0.591. The van der Waals surface area contributed by atoms with Gasteiger partial charge in [-0.15, -0.1) is 0 Å². The maximum Gasteiger partial charge on any atom is 0.122 e. The molecule has 1 aromatic heterocycles. The lowest BCUT2D eigenvalue weighted by molar-refractivity contribution is 0.476. The summed E-state index contributed by atoms with van der Waals surface area (Å²) in [5.74, 6) is 1.11. The molecule has 0 saturated heterocycles. The molecular formula is C12H23N3. The van der Waals surface area contributed by atoms with Crippen molar-refractivity contribution >= 4 is 0 Å². The lowest BCUT2D eigenvalue weighted by Crippen LogP contribution is -2.26. The summed E-state index contributed by atoms with van der Waals surface area (Å²) < 4.78 is 2.06. The van der Waals surface area contributed by atoms with E-state index in [1.165, 1.54) is 25.7 Å². The Morgan fingerprint density at radius 1 is 1.47 bits per heavy atom. The van der Waals surface area contributed by atoms with Crippen molar-refractivity contribution < 1.29 is 0 Å². The second-order valence-corrected chi connectivity index (χ2v) is 4.23. The molecular weight excluding hydrogens is 186 g/mol. The monoisotopic (exact) mass is 209 g/mol. The lowest BCUT2D eigenvalue weighted by Gasteiger charge is -2.13. The minimum atomic E-state index is 0.591. The van der Waals surface area contributed by atoms with Gasteiger partial charge >= 0.3 is 0 Å². The van der Waals surface area contributed by atoms with Crippen molar-refractivity contribution in [1.82, 2.24) is 14.9 Å². The van der Waals surface area contributed by atoms with Crippen molar-refractivity contribution in [2.45, 2.75) is 52.1 Å². The normalized spacial score (nSPS) is 13.0. The number of rotatable bonds is 7. The zero-order chi connectivity index (χ0) is 11.1. The summed E-state index contributed by atoms with van der Waals surface area (Å²) in [6.07, 6.45) is 9.06. The van der Waals surface area contributed by atoms with Gasteiger partial charge in [0.1, 0.15) is 5.82 Å². The number of aryl methyl sites for hydroxylation is 1. The first kappa shape index (κ1) is 12.2. The third-order valence-electron chi connectivity index (χ3n) is 2.77. The zero-order valence-corrected chi connectivity index (χ0v) is 10.2. The highest BCUT2D eigenvalue weighted by molar-refractivity contribution is 4.90. The Morgan fingerprint density at radius 2 is 2.27 bits per heavy atom. The van der Waals surface area contributed by atoms with Gasteiger partial charge in [0, 0.05) is 25.5 Å². The minimum Gasteiger partial charge on any atom is -0.337 e. The van der Waals surface area contributed by atoms with Crippen molar-refractivity contribution in [3.05, 3.63) is 18.2 Å². The highest BCUT2D eigenvalue weighted by Crippen LogP contribution is 2.03. The predicted molar refractivity (Wildman–Crippen MR) is 63.7 cm³/mol. The van der Waals surface area contributed by atoms with Crippen molar-refractivity contribution in [2.75, 3.05) is 0 Å². The Morgan fingerprint density at radius 3 is 2.87 bits per heavy atom. The predicted octanol–water partition coefficient (Wildman–Crippen LogP) is 2.48. The molecule has 0 aliphatic heterocycles. The van der Waals surface area contributed by atoms with Crippen LogP contribution in [0.1, 0.15) is 45.4 Å². The molecule has 3 nitrogen and oxygen atoms in total. The fourth-order valence-corrected chi connectivity index (χ4v) is 1.63. The lowest BCUT2D eigenvalue weighted by atomic mass is 10.1. The fourth-order valence-electron chi connectivity index (χ4n) is 1.63. The van der Waals surface area contributed by atoms with Crippen molar-refractivity contribution in [3.8, 4) is 0 Å². The molecule has 0 aliphatic rings. The molecule has 1 atom stereocenters. The maximum atomic E-state index is 4.28. The average molecular weight is 209 g/mol. The van der Waals surface area contributed by atoms with E-state index < -0.39 is 0 Å². The highest BCUT2D eigenvalue weighted by Gasteiger charge is 2.03. The van der Waals surface area contributed by atoms with Crippen LogP contribution in [0.15, 0.2) is 12.4 Å². The molecule has 0 spiro atoms. The maximum absolute atomic E-state index is 4.28. The van der Waals surface area contributed by atoms with Crippen LogP contribution >= 0.6 is 0 Å². The van der Waals surface area contributed by atoms with E-state index in [2.05, 4.69) is 28.7 Å². The molecule has 1 rings (SSSR count). The standard InChI is InChI=1S/C12H23N3/c1-4-5-6-7-11(2)14-10-12-13-8-9-15(12)3/h8-9,11,14H,4-7,10H2,1-3H3. The van der Waals surface area contributed by atoms with E-state index in [9.17, 15) is 0 Å². The quantitative estimate of drug-likeness (QED) is 0.699. The molecule has 0 radical (unpaired) electrons. The SMILES string of the molecule is CCCCCC(C)NCc1nccn1C. The van der Waals surface area contributed by atoms with Crippen LogP contribution in [0.3, 0.4) is 0 Å². The Labute approximate surface area is 92.9 Å². The first-order chi connectivity index (χ1) is 7.24. The molecule has 0 amide bonds. The number of nitrogens with zero attached hydrogens (tertiary/aromatic N) is 2. The summed E-state index contributed by atoms with van der Waals surface area (Å²) in [6.45, 7) is 5.36. The van der Waals surface area contributed by atoms with E-state index in [0.29, 0.717) is 6.04 Å². The first-order valence-electron chi connectivity index (χ1n) is 5.93. The van der Waals surface area contributed by atoms with Crippen molar-refractivity contribution in [2.24, 2.45) is 7.05 Å². The summed E-state index contributed by atoms with van der Waals surface area (Å²) in [5.41, 5.74) is 0. The summed E-state index contributed by atoms with van der Waals surface area (Å²) in [5, 5.41) is 3.50. The van der Waals surface area contributed by atoms with Gasteiger partial charge < -0.3 is 9.88 Å². The van der Waals surface area contributed by atoms with Crippen LogP contribution < -0.4 is 5.32 Å². The molecule has 1 unspecified atom stereocenters. The van der Waals surface area contributed by atoms with Crippen LogP contribution in [0.5, 0.6) is 0 Å². The summed E-state index contributed by atoms with van der Waals surface area (Å²) >= 11 is 0. The molecule has 0 aliphatic carbocycles. The molecule has 0 bridgehead atoms. The Bertz CT molecular complexity index is 268. The van der Waals surface area contributed by atoms with Gasteiger partial charge in [0.25, 0.3) is 0 Å². The second-order valence-electron chi connectivity index (χ2n) is 4.23. The van der Waals surface area contributed by atoms with E-state index >= 15 is 0 Å². The van der Waals surface area contributed by atoms with Crippen LogP contribution in [0, 0.1) is 0 Å². The Balaban J connectivity index is 2.16.